The minimum Gasteiger partial charge on any atom is -0.379 e. The van der Waals surface area contributed by atoms with Crippen LogP contribution in [0.3, 0.4) is 0 Å². The van der Waals surface area contributed by atoms with Crippen molar-refractivity contribution in [1.82, 2.24) is 19.7 Å². The molecule has 1 unspecified atom stereocenters. The van der Waals surface area contributed by atoms with Crippen LogP contribution in [-0.2, 0) is 22.6 Å². The van der Waals surface area contributed by atoms with Crippen molar-refractivity contribution in [3.8, 4) is 0 Å². The van der Waals surface area contributed by atoms with Gasteiger partial charge in [-0.15, -0.1) is 0 Å². The summed E-state index contributed by atoms with van der Waals surface area (Å²) in [5, 5.41) is 3.03. The van der Waals surface area contributed by atoms with Gasteiger partial charge >= 0.3 is 0 Å². The lowest BCUT2D eigenvalue weighted by atomic mass is 10.1. The zero-order valence-corrected chi connectivity index (χ0v) is 15.9. The van der Waals surface area contributed by atoms with Gasteiger partial charge in [0.1, 0.15) is 11.7 Å². The maximum Gasteiger partial charge on any atom is 0.271 e. The molecule has 1 saturated heterocycles. The number of amides is 2. The highest BCUT2D eigenvalue weighted by atomic mass is 16.5. The summed E-state index contributed by atoms with van der Waals surface area (Å²) >= 11 is 0. The predicted octanol–water partition coefficient (Wildman–Crippen LogP) is 0.961. The molecular formula is C21H26N4O3. The number of ether oxygens (including phenoxy) is 1. The first-order valence-electron chi connectivity index (χ1n) is 9.80. The molecule has 2 amide bonds. The number of fused-ring (bicyclic) bond motifs is 1. The van der Waals surface area contributed by atoms with Gasteiger partial charge in [-0.2, -0.15) is 0 Å². The largest absolute Gasteiger partial charge is 0.379 e. The van der Waals surface area contributed by atoms with Crippen molar-refractivity contribution >= 4 is 11.8 Å². The van der Waals surface area contributed by atoms with Gasteiger partial charge in [-0.25, -0.2) is 0 Å². The van der Waals surface area contributed by atoms with Gasteiger partial charge in [0, 0.05) is 38.9 Å². The fourth-order valence-corrected chi connectivity index (χ4v) is 3.81. The van der Waals surface area contributed by atoms with Gasteiger partial charge in [-0.3, -0.25) is 14.5 Å². The van der Waals surface area contributed by atoms with Crippen LogP contribution in [0.2, 0.25) is 0 Å². The summed E-state index contributed by atoms with van der Waals surface area (Å²) in [5.74, 6) is -0.203. The van der Waals surface area contributed by atoms with Crippen LogP contribution in [0.15, 0.2) is 48.7 Å². The second-order valence-electron chi connectivity index (χ2n) is 7.23. The topological polar surface area (TPSA) is 66.8 Å². The number of aromatic nitrogens is 1. The van der Waals surface area contributed by atoms with Crippen molar-refractivity contribution in [2.24, 2.45) is 0 Å². The number of morpholine rings is 1. The van der Waals surface area contributed by atoms with Crippen molar-refractivity contribution < 1.29 is 14.3 Å². The molecule has 0 saturated carbocycles. The maximum absolute atomic E-state index is 13.0. The van der Waals surface area contributed by atoms with Crippen LogP contribution in [0.5, 0.6) is 0 Å². The predicted molar refractivity (Wildman–Crippen MR) is 105 cm³/mol. The van der Waals surface area contributed by atoms with Crippen molar-refractivity contribution in [3.63, 3.8) is 0 Å². The van der Waals surface area contributed by atoms with Crippen LogP contribution < -0.4 is 5.32 Å². The Morgan fingerprint density at radius 2 is 1.89 bits per heavy atom. The summed E-state index contributed by atoms with van der Waals surface area (Å²) in [5.41, 5.74) is 1.65. The molecule has 0 spiro atoms. The van der Waals surface area contributed by atoms with Crippen molar-refractivity contribution in [2.45, 2.75) is 19.1 Å². The molecule has 28 heavy (non-hydrogen) atoms. The molecule has 2 aliphatic heterocycles. The quantitative estimate of drug-likeness (QED) is 0.808. The van der Waals surface area contributed by atoms with Crippen LogP contribution in [0.1, 0.15) is 16.1 Å². The van der Waals surface area contributed by atoms with E-state index in [2.05, 4.69) is 10.2 Å². The van der Waals surface area contributed by atoms with Gasteiger partial charge in [0.05, 0.1) is 19.8 Å². The third-order valence-electron chi connectivity index (χ3n) is 5.38. The Morgan fingerprint density at radius 3 is 2.68 bits per heavy atom. The van der Waals surface area contributed by atoms with E-state index in [0.29, 0.717) is 25.3 Å². The van der Waals surface area contributed by atoms with E-state index in [1.54, 1.807) is 4.90 Å². The first-order chi connectivity index (χ1) is 13.7. The first kappa shape index (κ1) is 18.7. The molecule has 148 valence electrons. The monoisotopic (exact) mass is 382 g/mol. The molecule has 2 aromatic rings. The van der Waals surface area contributed by atoms with Crippen LogP contribution in [0.25, 0.3) is 0 Å². The Balaban J connectivity index is 1.44. The summed E-state index contributed by atoms with van der Waals surface area (Å²) in [4.78, 5) is 29.9. The molecule has 1 atom stereocenters. The first-order valence-corrected chi connectivity index (χ1v) is 9.80. The second-order valence-corrected chi connectivity index (χ2v) is 7.23. The maximum atomic E-state index is 13.0. The lowest BCUT2D eigenvalue weighted by Crippen LogP contribution is -2.55. The number of carbonyl (C=O) groups excluding carboxylic acids is 2. The molecule has 0 radical (unpaired) electrons. The Hall–Kier alpha value is -2.64. The molecule has 1 N–H and O–H groups in total. The fraction of sp³-hybridized carbons (Fsp3) is 0.429. The molecule has 1 aromatic heterocycles. The standard InChI is InChI=1S/C21H26N4O3/c26-20(22-8-10-23-11-13-28-14-12-23)19-16-24-9-4-7-18(24)21(27)25(19)15-17-5-2-1-3-6-17/h1-7,9,19H,8,10-16H2,(H,22,26). The second kappa shape index (κ2) is 8.58. The third-order valence-corrected chi connectivity index (χ3v) is 5.38. The van der Waals surface area contributed by atoms with Crippen LogP contribution >= 0.6 is 0 Å². The summed E-state index contributed by atoms with van der Waals surface area (Å²) in [6.07, 6.45) is 1.86. The average Bonchev–Trinajstić information content (AvgIpc) is 3.20. The van der Waals surface area contributed by atoms with Gasteiger partial charge in [0.2, 0.25) is 5.91 Å². The summed E-state index contributed by atoms with van der Waals surface area (Å²) in [6, 6.07) is 13.0. The average molecular weight is 382 g/mol. The number of benzene rings is 1. The van der Waals surface area contributed by atoms with Crippen LogP contribution in [0, 0.1) is 0 Å². The zero-order chi connectivity index (χ0) is 19.3. The van der Waals surface area contributed by atoms with E-state index in [9.17, 15) is 9.59 Å². The summed E-state index contributed by atoms with van der Waals surface area (Å²) in [7, 11) is 0. The smallest absolute Gasteiger partial charge is 0.271 e. The highest BCUT2D eigenvalue weighted by Crippen LogP contribution is 2.21. The Kier molecular flexibility index (Phi) is 5.73. The molecule has 4 rings (SSSR count). The number of rotatable bonds is 6. The van der Waals surface area contributed by atoms with E-state index < -0.39 is 6.04 Å². The van der Waals surface area contributed by atoms with E-state index in [4.69, 9.17) is 4.74 Å². The van der Waals surface area contributed by atoms with Crippen molar-refractivity contribution in [3.05, 3.63) is 59.9 Å². The number of hydrogen-bond acceptors (Lipinski definition) is 4. The fourth-order valence-electron chi connectivity index (χ4n) is 3.81. The third kappa shape index (κ3) is 4.10. The Bertz CT molecular complexity index is 814. The molecule has 0 bridgehead atoms. The summed E-state index contributed by atoms with van der Waals surface area (Å²) in [6.45, 7) is 5.54. The number of hydrogen-bond donors (Lipinski definition) is 1. The van der Waals surface area contributed by atoms with Gasteiger partial charge in [0.25, 0.3) is 5.91 Å². The van der Waals surface area contributed by atoms with Gasteiger partial charge in [-0.05, 0) is 17.7 Å². The number of nitrogens with zero attached hydrogens (tertiary/aromatic N) is 3. The van der Waals surface area contributed by atoms with Crippen LogP contribution in [-0.4, -0.2) is 71.6 Å². The lowest BCUT2D eigenvalue weighted by molar-refractivity contribution is -0.126. The zero-order valence-electron chi connectivity index (χ0n) is 15.9. The van der Waals surface area contributed by atoms with Crippen molar-refractivity contribution in [1.29, 1.82) is 0 Å². The molecule has 7 heteroatoms. The Labute approximate surface area is 164 Å². The molecule has 7 nitrogen and oxygen atoms in total. The van der Waals surface area contributed by atoms with Crippen molar-refractivity contribution in [2.75, 3.05) is 39.4 Å². The van der Waals surface area contributed by atoms with E-state index >= 15 is 0 Å². The van der Waals surface area contributed by atoms with Gasteiger partial charge < -0.3 is 19.5 Å². The van der Waals surface area contributed by atoms with Crippen LogP contribution in [0.4, 0.5) is 0 Å². The van der Waals surface area contributed by atoms with E-state index in [0.717, 1.165) is 38.4 Å². The molecular weight excluding hydrogens is 356 g/mol. The van der Waals surface area contributed by atoms with Gasteiger partial charge in [0.15, 0.2) is 0 Å². The molecule has 1 fully saturated rings. The highest BCUT2D eigenvalue weighted by molar-refractivity contribution is 5.97. The minimum atomic E-state index is -0.516. The van der Waals surface area contributed by atoms with Gasteiger partial charge in [-0.1, -0.05) is 30.3 Å². The molecule has 1 aromatic carbocycles. The highest BCUT2D eigenvalue weighted by Gasteiger charge is 2.36. The van der Waals surface area contributed by atoms with E-state index in [-0.39, 0.29) is 11.8 Å². The Morgan fingerprint density at radius 1 is 1.11 bits per heavy atom. The molecule has 2 aliphatic rings. The normalized spacial score (nSPS) is 20.1. The number of carbonyl (C=O) groups is 2. The lowest BCUT2D eigenvalue weighted by Gasteiger charge is -2.36. The molecule has 0 aliphatic carbocycles. The van der Waals surface area contributed by atoms with E-state index in [1.165, 1.54) is 0 Å². The number of nitrogens with one attached hydrogen (secondary N) is 1. The SMILES string of the molecule is O=C(NCCN1CCOCC1)C1Cn2cccc2C(=O)N1Cc1ccccc1. The van der Waals surface area contributed by atoms with E-state index in [1.807, 2.05) is 53.2 Å². The minimum absolute atomic E-state index is 0.100. The molecule has 3 heterocycles. The summed E-state index contributed by atoms with van der Waals surface area (Å²) < 4.78 is 7.23.